The fourth-order valence-electron chi connectivity index (χ4n) is 3.69. The van der Waals surface area contributed by atoms with Crippen LogP contribution in [0.15, 0.2) is 97.3 Å². The van der Waals surface area contributed by atoms with E-state index in [1.165, 1.54) is 33.4 Å². The Labute approximate surface area is 222 Å². The minimum atomic E-state index is 0. The molecule has 2 aromatic heterocycles. The van der Waals surface area contributed by atoms with Crippen molar-refractivity contribution in [3.63, 3.8) is 0 Å². The van der Waals surface area contributed by atoms with E-state index in [1.54, 1.807) is 0 Å². The summed E-state index contributed by atoms with van der Waals surface area (Å²) in [4.78, 5) is 8.78. The second-order valence-corrected chi connectivity index (χ2v) is 8.44. The smallest absolute Gasteiger partial charge is 0.0190 e. The van der Waals surface area contributed by atoms with E-state index in [-0.39, 0.29) is 20.1 Å². The zero-order chi connectivity index (χ0) is 23.9. The average molecular weight is 633 g/mol. The van der Waals surface area contributed by atoms with Gasteiger partial charge in [-0.2, -0.15) is 0 Å². The van der Waals surface area contributed by atoms with Gasteiger partial charge in [-0.1, -0.05) is 30.3 Å². The van der Waals surface area contributed by atoms with E-state index in [9.17, 15) is 0 Å². The number of hydrogen-bond donors (Lipinski definition) is 0. The summed E-state index contributed by atoms with van der Waals surface area (Å²) >= 11 is 0. The Morgan fingerprint density at radius 1 is 0.600 bits per heavy atom. The van der Waals surface area contributed by atoms with Crippen LogP contribution in [-0.2, 0) is 20.1 Å². The van der Waals surface area contributed by atoms with Gasteiger partial charge >= 0.3 is 0 Å². The van der Waals surface area contributed by atoms with Crippen LogP contribution in [0, 0.1) is 39.8 Å². The van der Waals surface area contributed by atoms with E-state index < -0.39 is 0 Å². The summed E-state index contributed by atoms with van der Waals surface area (Å²) in [7, 11) is 0. The first-order chi connectivity index (χ1) is 16.5. The maximum absolute atomic E-state index is 4.47. The van der Waals surface area contributed by atoms with Crippen molar-refractivity contribution in [1.29, 1.82) is 0 Å². The van der Waals surface area contributed by atoms with Crippen molar-refractivity contribution in [2.24, 2.45) is 0 Å². The largest absolute Gasteiger partial charge is 0.305 e. The summed E-state index contributed by atoms with van der Waals surface area (Å²) in [5.74, 6) is 0. The Morgan fingerprint density at radius 3 is 1.77 bits per heavy atom. The maximum Gasteiger partial charge on any atom is 0.0190 e. The number of rotatable bonds is 3. The van der Waals surface area contributed by atoms with E-state index in [2.05, 4.69) is 73.2 Å². The van der Waals surface area contributed by atoms with Crippen LogP contribution in [0.2, 0.25) is 0 Å². The summed E-state index contributed by atoms with van der Waals surface area (Å²) in [6, 6.07) is 34.9. The van der Waals surface area contributed by atoms with E-state index in [0.717, 1.165) is 22.5 Å². The summed E-state index contributed by atoms with van der Waals surface area (Å²) < 4.78 is 0. The molecule has 0 saturated heterocycles. The minimum Gasteiger partial charge on any atom is -0.305 e. The fourth-order valence-corrected chi connectivity index (χ4v) is 3.69. The van der Waals surface area contributed by atoms with Crippen LogP contribution in [0.4, 0.5) is 0 Å². The third-order valence-electron chi connectivity index (χ3n) is 5.90. The van der Waals surface area contributed by atoms with Gasteiger partial charge in [-0.15, -0.1) is 71.8 Å². The van der Waals surface area contributed by atoms with Crippen LogP contribution in [-0.4, -0.2) is 9.97 Å². The Hall–Kier alpha value is -3.39. The zero-order valence-electron chi connectivity index (χ0n) is 20.5. The Morgan fingerprint density at radius 2 is 1.23 bits per heavy atom. The van der Waals surface area contributed by atoms with Gasteiger partial charge in [-0.05, 0) is 78.5 Å². The predicted molar refractivity (Wildman–Crippen MR) is 141 cm³/mol. The number of pyridine rings is 2. The molecule has 3 heteroatoms. The number of aromatic nitrogens is 2. The standard InChI is InChI=1S/C20H18N.C12H10N.Ir/c1-14-11-19(12-15(2)16(14)3)18-9-10-21-20(13-18)17-7-5-4-6-8-17;1-10-7-8-12(13-9-10)11-5-3-2-4-6-11;/h4-7,9-13H,1-3H3;2-5,7-9H,1H3;/q2*-1;. The molecule has 0 bridgehead atoms. The SMILES string of the molecule is Cc1cc(-c2ccnc(-c3[c-]cccc3)c2)cc(C)c1C.Cc1ccc(-c2[c-]cccc2)nc1.[Ir]. The molecule has 0 spiro atoms. The molecule has 0 fully saturated rings. The molecule has 0 aliphatic carbocycles. The van der Waals surface area contributed by atoms with E-state index in [4.69, 9.17) is 0 Å². The van der Waals surface area contributed by atoms with Crippen LogP contribution in [0.3, 0.4) is 0 Å². The summed E-state index contributed by atoms with van der Waals surface area (Å²) in [5, 5.41) is 0. The molecule has 0 N–H and O–H groups in total. The van der Waals surface area contributed by atoms with Gasteiger partial charge < -0.3 is 9.97 Å². The minimum absolute atomic E-state index is 0. The first-order valence-corrected chi connectivity index (χ1v) is 11.4. The normalized spacial score (nSPS) is 10.1. The molecule has 35 heavy (non-hydrogen) atoms. The molecule has 0 unspecified atom stereocenters. The van der Waals surface area contributed by atoms with Gasteiger partial charge in [-0.25, -0.2) is 0 Å². The average Bonchev–Trinajstić information content (AvgIpc) is 2.89. The van der Waals surface area contributed by atoms with Crippen LogP contribution in [0.1, 0.15) is 22.3 Å². The molecule has 0 amide bonds. The van der Waals surface area contributed by atoms with Gasteiger partial charge in [0.25, 0.3) is 0 Å². The molecule has 0 aliphatic heterocycles. The molecule has 5 rings (SSSR count). The topological polar surface area (TPSA) is 25.8 Å². The second kappa shape index (κ2) is 12.4. The third kappa shape index (κ3) is 6.82. The summed E-state index contributed by atoms with van der Waals surface area (Å²) in [5.41, 5.74) is 11.7. The zero-order valence-corrected chi connectivity index (χ0v) is 22.9. The monoisotopic (exact) mass is 633 g/mol. The molecule has 5 aromatic rings. The van der Waals surface area contributed by atoms with Gasteiger partial charge in [0.1, 0.15) is 0 Å². The molecule has 177 valence electrons. The number of aryl methyl sites for hydroxylation is 3. The van der Waals surface area contributed by atoms with Crippen LogP contribution in [0.25, 0.3) is 33.6 Å². The fraction of sp³-hybridized carbons (Fsp3) is 0.125. The quantitative estimate of drug-likeness (QED) is 0.189. The van der Waals surface area contributed by atoms with Crippen molar-refractivity contribution in [2.75, 3.05) is 0 Å². The predicted octanol–water partition coefficient (Wildman–Crippen LogP) is 8.00. The molecule has 0 saturated carbocycles. The van der Waals surface area contributed by atoms with Crippen LogP contribution < -0.4 is 0 Å². The van der Waals surface area contributed by atoms with E-state index in [0.29, 0.717) is 0 Å². The van der Waals surface area contributed by atoms with Crippen molar-refractivity contribution in [3.8, 4) is 33.6 Å². The van der Waals surface area contributed by atoms with Crippen molar-refractivity contribution in [2.45, 2.75) is 27.7 Å². The second-order valence-electron chi connectivity index (χ2n) is 8.44. The summed E-state index contributed by atoms with van der Waals surface area (Å²) in [6.45, 7) is 8.54. The van der Waals surface area contributed by atoms with Crippen molar-refractivity contribution >= 4 is 0 Å². The molecule has 2 nitrogen and oxygen atoms in total. The van der Waals surface area contributed by atoms with Gasteiger partial charge in [0.15, 0.2) is 0 Å². The van der Waals surface area contributed by atoms with E-state index in [1.807, 2.05) is 73.9 Å². The molecule has 1 radical (unpaired) electrons. The summed E-state index contributed by atoms with van der Waals surface area (Å²) in [6.07, 6.45) is 3.74. The molecular weight excluding hydrogens is 605 g/mol. The Kier molecular flexibility index (Phi) is 9.25. The first-order valence-electron chi connectivity index (χ1n) is 11.4. The van der Waals surface area contributed by atoms with Crippen LogP contribution in [0.5, 0.6) is 0 Å². The van der Waals surface area contributed by atoms with Crippen molar-refractivity contribution < 1.29 is 20.1 Å². The first kappa shape index (κ1) is 26.2. The van der Waals surface area contributed by atoms with Gasteiger partial charge in [0, 0.05) is 32.5 Å². The maximum atomic E-state index is 4.47. The van der Waals surface area contributed by atoms with E-state index >= 15 is 0 Å². The molecule has 0 atom stereocenters. The van der Waals surface area contributed by atoms with Gasteiger partial charge in [0.05, 0.1) is 0 Å². The number of hydrogen-bond acceptors (Lipinski definition) is 2. The molecule has 3 aromatic carbocycles. The molecular formula is C32H28IrN2-2. The van der Waals surface area contributed by atoms with Gasteiger partial charge in [-0.3, -0.25) is 0 Å². The Balaban J connectivity index is 0.000000211. The number of nitrogens with zero attached hydrogens (tertiary/aromatic N) is 2. The van der Waals surface area contributed by atoms with Gasteiger partial charge in [0.2, 0.25) is 0 Å². The Bertz CT molecular complexity index is 1340. The third-order valence-corrected chi connectivity index (χ3v) is 5.90. The van der Waals surface area contributed by atoms with Crippen molar-refractivity contribution in [1.82, 2.24) is 9.97 Å². The number of benzene rings is 3. The molecule has 2 heterocycles. The van der Waals surface area contributed by atoms with Crippen LogP contribution >= 0.6 is 0 Å². The molecule has 0 aliphatic rings. The van der Waals surface area contributed by atoms with Crippen molar-refractivity contribution in [3.05, 3.63) is 132 Å².